The SMILES string of the molecule is O=C1OC2(CCCN(c3ccccc3CCN3CC(c4ccc(F)cc4)C3)C2=O)OC1=O. The highest BCUT2D eigenvalue weighted by Gasteiger charge is 2.58. The van der Waals surface area contributed by atoms with Crippen LogP contribution < -0.4 is 4.90 Å². The molecule has 0 unspecified atom stereocenters. The summed E-state index contributed by atoms with van der Waals surface area (Å²) < 4.78 is 23.2. The van der Waals surface area contributed by atoms with E-state index in [0.717, 1.165) is 42.9 Å². The number of carbonyl (C=O) groups excluding carboxylic acids is 3. The van der Waals surface area contributed by atoms with Crippen LogP contribution in [-0.4, -0.2) is 54.7 Å². The van der Waals surface area contributed by atoms with Gasteiger partial charge in [0, 0.05) is 44.2 Å². The van der Waals surface area contributed by atoms with Gasteiger partial charge in [-0.3, -0.25) is 4.79 Å². The molecule has 32 heavy (non-hydrogen) atoms. The quantitative estimate of drug-likeness (QED) is 0.527. The summed E-state index contributed by atoms with van der Waals surface area (Å²) in [6.45, 7) is 3.10. The van der Waals surface area contributed by atoms with Gasteiger partial charge in [-0.1, -0.05) is 30.3 Å². The van der Waals surface area contributed by atoms with Crippen molar-refractivity contribution in [3.8, 4) is 0 Å². The minimum absolute atomic E-state index is 0.167. The van der Waals surface area contributed by atoms with Gasteiger partial charge in [0.2, 0.25) is 0 Å². The zero-order valence-electron chi connectivity index (χ0n) is 17.5. The first kappa shape index (κ1) is 20.6. The van der Waals surface area contributed by atoms with Crippen molar-refractivity contribution in [2.75, 3.05) is 31.1 Å². The summed E-state index contributed by atoms with van der Waals surface area (Å²) in [5, 5.41) is 0. The van der Waals surface area contributed by atoms with Crippen LogP contribution in [0, 0.1) is 5.82 Å². The van der Waals surface area contributed by atoms with Crippen LogP contribution in [0.4, 0.5) is 10.1 Å². The molecule has 7 nitrogen and oxygen atoms in total. The average molecular weight is 438 g/mol. The Balaban J connectivity index is 1.25. The highest BCUT2D eigenvalue weighted by Crippen LogP contribution is 2.36. The monoisotopic (exact) mass is 438 g/mol. The van der Waals surface area contributed by atoms with Crippen molar-refractivity contribution in [1.82, 2.24) is 4.90 Å². The molecule has 166 valence electrons. The zero-order valence-corrected chi connectivity index (χ0v) is 17.5. The van der Waals surface area contributed by atoms with Crippen LogP contribution in [0.5, 0.6) is 0 Å². The van der Waals surface area contributed by atoms with E-state index in [2.05, 4.69) is 4.90 Å². The second kappa shape index (κ2) is 8.02. The first-order valence-corrected chi connectivity index (χ1v) is 10.8. The van der Waals surface area contributed by atoms with E-state index in [9.17, 15) is 18.8 Å². The van der Waals surface area contributed by atoms with Crippen molar-refractivity contribution in [3.63, 3.8) is 0 Å². The van der Waals surface area contributed by atoms with Crippen molar-refractivity contribution in [3.05, 3.63) is 65.5 Å². The maximum Gasteiger partial charge on any atom is 0.421 e. The number of piperidine rings is 1. The molecule has 3 heterocycles. The van der Waals surface area contributed by atoms with Crippen LogP contribution in [0.1, 0.15) is 29.9 Å². The fourth-order valence-corrected chi connectivity index (χ4v) is 4.67. The molecular weight excluding hydrogens is 415 g/mol. The number of nitrogens with zero attached hydrogens (tertiary/aromatic N) is 2. The number of esters is 2. The van der Waals surface area contributed by atoms with Gasteiger partial charge in [-0.25, -0.2) is 14.0 Å². The summed E-state index contributed by atoms with van der Waals surface area (Å²) in [5.74, 6) is -4.42. The summed E-state index contributed by atoms with van der Waals surface area (Å²) in [6, 6.07) is 14.3. The predicted molar refractivity (Wildman–Crippen MR) is 112 cm³/mol. The summed E-state index contributed by atoms with van der Waals surface area (Å²) in [5.41, 5.74) is 2.89. The molecule has 5 rings (SSSR count). The molecule has 3 saturated heterocycles. The third-order valence-electron chi connectivity index (χ3n) is 6.42. The Morgan fingerprint density at radius 2 is 1.66 bits per heavy atom. The molecule has 2 aromatic rings. The Kier molecular flexibility index (Phi) is 5.17. The van der Waals surface area contributed by atoms with Gasteiger partial charge in [0.15, 0.2) is 0 Å². The lowest BCUT2D eigenvalue weighted by molar-refractivity contribution is -0.192. The topological polar surface area (TPSA) is 76.2 Å². The van der Waals surface area contributed by atoms with Crippen LogP contribution in [0.3, 0.4) is 0 Å². The Hall–Kier alpha value is -3.26. The van der Waals surface area contributed by atoms with Crippen molar-refractivity contribution in [2.45, 2.75) is 31.0 Å². The highest BCUT2D eigenvalue weighted by molar-refractivity contribution is 6.32. The molecule has 0 N–H and O–H groups in total. The van der Waals surface area contributed by atoms with Crippen LogP contribution in [0.25, 0.3) is 0 Å². The largest absolute Gasteiger partial charge is 0.421 e. The number of ether oxygens (including phenoxy) is 2. The molecule has 0 atom stereocenters. The number of benzene rings is 2. The lowest BCUT2D eigenvalue weighted by Crippen LogP contribution is -2.55. The van der Waals surface area contributed by atoms with Crippen molar-refractivity contribution >= 4 is 23.5 Å². The number of likely N-dealkylation sites (tertiary alicyclic amines) is 1. The van der Waals surface area contributed by atoms with E-state index >= 15 is 0 Å². The first-order valence-electron chi connectivity index (χ1n) is 10.8. The molecule has 0 aromatic heterocycles. The molecular formula is C24H23FN2O5. The number of hydrogen-bond donors (Lipinski definition) is 0. The third kappa shape index (κ3) is 3.64. The van der Waals surface area contributed by atoms with Gasteiger partial charge in [-0.15, -0.1) is 0 Å². The molecule has 0 radical (unpaired) electrons. The Morgan fingerprint density at radius 1 is 0.969 bits per heavy atom. The molecule has 3 aliphatic heterocycles. The summed E-state index contributed by atoms with van der Waals surface area (Å²) in [4.78, 5) is 40.2. The average Bonchev–Trinajstić information content (AvgIpc) is 3.05. The molecule has 0 bridgehead atoms. The minimum atomic E-state index is -1.83. The van der Waals surface area contributed by atoms with Gasteiger partial charge < -0.3 is 19.3 Å². The van der Waals surface area contributed by atoms with E-state index in [-0.39, 0.29) is 12.2 Å². The predicted octanol–water partition coefficient (Wildman–Crippen LogP) is 2.39. The molecule has 1 spiro atoms. The van der Waals surface area contributed by atoms with E-state index in [1.54, 1.807) is 4.90 Å². The minimum Gasteiger partial charge on any atom is -0.405 e. The van der Waals surface area contributed by atoms with Crippen LogP contribution in [0.15, 0.2) is 48.5 Å². The highest BCUT2D eigenvalue weighted by atomic mass is 19.1. The normalized spacial score (nSPS) is 20.9. The van der Waals surface area contributed by atoms with E-state index in [4.69, 9.17) is 9.47 Å². The van der Waals surface area contributed by atoms with E-state index in [1.807, 2.05) is 36.4 Å². The summed E-state index contributed by atoms with van der Waals surface area (Å²) >= 11 is 0. The number of rotatable bonds is 5. The first-order chi connectivity index (χ1) is 15.4. The second-order valence-electron chi connectivity index (χ2n) is 8.48. The molecule has 2 aromatic carbocycles. The van der Waals surface area contributed by atoms with Crippen molar-refractivity contribution in [2.24, 2.45) is 0 Å². The van der Waals surface area contributed by atoms with E-state index in [0.29, 0.717) is 18.9 Å². The number of hydrogen-bond acceptors (Lipinski definition) is 6. The smallest absolute Gasteiger partial charge is 0.405 e. The lowest BCUT2D eigenvalue weighted by atomic mass is 9.91. The van der Waals surface area contributed by atoms with Crippen molar-refractivity contribution in [1.29, 1.82) is 0 Å². The Labute approximate surface area is 184 Å². The number of halogens is 1. The Morgan fingerprint density at radius 3 is 2.38 bits per heavy atom. The van der Waals surface area contributed by atoms with Crippen LogP contribution >= 0.6 is 0 Å². The van der Waals surface area contributed by atoms with E-state index < -0.39 is 23.6 Å². The number of para-hydroxylation sites is 1. The van der Waals surface area contributed by atoms with Gasteiger partial charge in [0.25, 0.3) is 0 Å². The fourth-order valence-electron chi connectivity index (χ4n) is 4.67. The Bertz CT molecular complexity index is 1050. The standard InChI is InChI=1S/C24H23FN2O5/c25-19-8-6-16(7-9-19)18-14-26(15-18)13-10-17-4-1-2-5-20(17)27-12-3-11-24(23(27)30)31-21(28)22(29)32-24/h1-2,4-9,18H,3,10-15H2. The number of amides is 1. The maximum atomic E-state index is 13.2. The van der Waals surface area contributed by atoms with Gasteiger partial charge in [0.1, 0.15) is 5.82 Å². The molecule has 0 aliphatic carbocycles. The molecule has 8 heteroatoms. The van der Waals surface area contributed by atoms with Gasteiger partial charge in [0.05, 0.1) is 0 Å². The van der Waals surface area contributed by atoms with Crippen molar-refractivity contribution < 1.29 is 28.2 Å². The summed E-state index contributed by atoms with van der Waals surface area (Å²) in [7, 11) is 0. The van der Waals surface area contributed by atoms with Gasteiger partial charge in [-0.2, -0.15) is 0 Å². The molecule has 3 aliphatic rings. The van der Waals surface area contributed by atoms with Gasteiger partial charge in [-0.05, 0) is 42.2 Å². The molecule has 0 saturated carbocycles. The van der Waals surface area contributed by atoms with E-state index in [1.165, 1.54) is 12.1 Å². The lowest BCUT2D eigenvalue weighted by Gasteiger charge is -2.40. The fraction of sp³-hybridized carbons (Fsp3) is 0.375. The number of anilines is 1. The maximum absolute atomic E-state index is 13.2. The molecule has 3 fully saturated rings. The van der Waals surface area contributed by atoms with Gasteiger partial charge >= 0.3 is 23.6 Å². The third-order valence-corrected chi connectivity index (χ3v) is 6.42. The molecule has 1 amide bonds. The number of carbonyl (C=O) groups is 3. The van der Waals surface area contributed by atoms with Crippen LogP contribution in [-0.2, 0) is 30.3 Å². The second-order valence-corrected chi connectivity index (χ2v) is 8.48. The van der Waals surface area contributed by atoms with Crippen LogP contribution in [0.2, 0.25) is 0 Å². The summed E-state index contributed by atoms with van der Waals surface area (Å²) in [6.07, 6.45) is 1.45. The zero-order chi connectivity index (χ0) is 22.3.